The van der Waals surface area contributed by atoms with Crippen LogP contribution in [0.3, 0.4) is 0 Å². The number of rotatable bonds is 2. The monoisotopic (exact) mass is 166 g/mol. The number of aryl methyl sites for hydroxylation is 1. The van der Waals surface area contributed by atoms with Gasteiger partial charge < -0.3 is 5.73 Å². The molecule has 3 heteroatoms. The second kappa shape index (κ2) is 3.43. The van der Waals surface area contributed by atoms with Crippen molar-refractivity contribution in [3.05, 3.63) is 28.0 Å². The number of hydrogen-bond acceptors (Lipinski definition) is 2. The second-order valence-corrected chi connectivity index (χ2v) is 2.94. The molecular formula is C9H14N2O. The first-order chi connectivity index (χ1) is 5.65. The Morgan fingerprint density at radius 1 is 1.50 bits per heavy atom. The Hall–Kier alpha value is -1.25. The van der Waals surface area contributed by atoms with E-state index in [0.717, 1.165) is 18.4 Å². The molecule has 1 heterocycles. The lowest BCUT2D eigenvalue weighted by Crippen LogP contribution is -2.19. The first kappa shape index (κ1) is 8.84. The minimum Gasteiger partial charge on any atom is -0.385 e. The highest BCUT2D eigenvalue weighted by molar-refractivity contribution is 5.33. The van der Waals surface area contributed by atoms with E-state index in [-0.39, 0.29) is 5.56 Å². The highest BCUT2D eigenvalue weighted by atomic mass is 16.1. The van der Waals surface area contributed by atoms with Crippen LogP contribution in [0.25, 0.3) is 0 Å². The molecule has 1 aromatic rings. The molecule has 1 aromatic heterocycles. The van der Waals surface area contributed by atoms with Gasteiger partial charge in [0.1, 0.15) is 5.82 Å². The van der Waals surface area contributed by atoms with E-state index in [9.17, 15) is 4.79 Å². The van der Waals surface area contributed by atoms with Gasteiger partial charge in [0, 0.05) is 13.1 Å². The van der Waals surface area contributed by atoms with E-state index in [4.69, 9.17) is 5.73 Å². The number of hydrogen-bond donors (Lipinski definition) is 1. The zero-order valence-electron chi connectivity index (χ0n) is 7.50. The number of anilines is 1. The summed E-state index contributed by atoms with van der Waals surface area (Å²) in [6, 6.07) is 3.49. The van der Waals surface area contributed by atoms with Gasteiger partial charge in [0.05, 0.1) is 0 Å². The molecule has 0 amide bonds. The van der Waals surface area contributed by atoms with Crippen molar-refractivity contribution in [1.29, 1.82) is 0 Å². The Labute approximate surface area is 71.8 Å². The maximum atomic E-state index is 11.2. The lowest BCUT2D eigenvalue weighted by atomic mass is 10.1. The van der Waals surface area contributed by atoms with Gasteiger partial charge in [-0.2, -0.15) is 0 Å². The Bertz CT molecular complexity index is 328. The van der Waals surface area contributed by atoms with E-state index >= 15 is 0 Å². The molecule has 0 aliphatic carbocycles. The lowest BCUT2D eigenvalue weighted by Gasteiger charge is -2.04. The SMILES string of the molecule is CCCc1cc(N)n(C)c(=O)c1. The Morgan fingerprint density at radius 3 is 2.67 bits per heavy atom. The van der Waals surface area contributed by atoms with E-state index in [1.165, 1.54) is 4.57 Å². The third kappa shape index (κ3) is 1.67. The number of nitrogens with zero attached hydrogens (tertiary/aromatic N) is 1. The van der Waals surface area contributed by atoms with Crippen LogP contribution in [0.4, 0.5) is 5.82 Å². The molecule has 0 fully saturated rings. The van der Waals surface area contributed by atoms with Gasteiger partial charge in [-0.25, -0.2) is 0 Å². The number of pyridine rings is 1. The van der Waals surface area contributed by atoms with Crippen molar-refractivity contribution in [3.8, 4) is 0 Å². The van der Waals surface area contributed by atoms with Crippen molar-refractivity contribution in [2.75, 3.05) is 5.73 Å². The molecular weight excluding hydrogens is 152 g/mol. The minimum atomic E-state index is -0.0292. The molecule has 0 aromatic carbocycles. The second-order valence-electron chi connectivity index (χ2n) is 2.94. The van der Waals surface area contributed by atoms with Crippen LogP contribution in [0.2, 0.25) is 0 Å². The smallest absolute Gasteiger partial charge is 0.252 e. The van der Waals surface area contributed by atoms with Gasteiger partial charge in [-0.1, -0.05) is 13.3 Å². The Balaban J connectivity index is 3.13. The Kier molecular flexibility index (Phi) is 2.53. The van der Waals surface area contributed by atoms with E-state index in [1.54, 1.807) is 13.1 Å². The van der Waals surface area contributed by atoms with Crippen molar-refractivity contribution in [2.45, 2.75) is 19.8 Å². The highest BCUT2D eigenvalue weighted by Gasteiger charge is 1.98. The summed E-state index contributed by atoms with van der Waals surface area (Å²) in [6.45, 7) is 2.08. The summed E-state index contributed by atoms with van der Waals surface area (Å²) in [5.41, 5.74) is 6.61. The third-order valence-electron chi connectivity index (χ3n) is 1.90. The highest BCUT2D eigenvalue weighted by Crippen LogP contribution is 2.04. The molecule has 2 N–H and O–H groups in total. The molecule has 0 aliphatic rings. The van der Waals surface area contributed by atoms with Crippen molar-refractivity contribution in [2.24, 2.45) is 7.05 Å². The van der Waals surface area contributed by atoms with Gasteiger partial charge in [-0.05, 0) is 18.1 Å². The van der Waals surface area contributed by atoms with Gasteiger partial charge in [-0.3, -0.25) is 9.36 Å². The molecule has 3 nitrogen and oxygen atoms in total. The van der Waals surface area contributed by atoms with Crippen molar-refractivity contribution < 1.29 is 0 Å². The van der Waals surface area contributed by atoms with Crippen LogP contribution in [0.1, 0.15) is 18.9 Å². The Morgan fingerprint density at radius 2 is 2.17 bits per heavy atom. The van der Waals surface area contributed by atoms with Crippen LogP contribution in [-0.4, -0.2) is 4.57 Å². The summed E-state index contributed by atoms with van der Waals surface area (Å²) in [5, 5.41) is 0. The molecule has 0 aliphatic heterocycles. The molecule has 0 spiro atoms. The zero-order valence-corrected chi connectivity index (χ0v) is 7.50. The van der Waals surface area contributed by atoms with Gasteiger partial charge >= 0.3 is 0 Å². The van der Waals surface area contributed by atoms with E-state index in [1.807, 2.05) is 6.07 Å². The van der Waals surface area contributed by atoms with Crippen LogP contribution < -0.4 is 11.3 Å². The fraction of sp³-hybridized carbons (Fsp3) is 0.444. The van der Waals surface area contributed by atoms with Crippen molar-refractivity contribution in [3.63, 3.8) is 0 Å². The summed E-state index contributed by atoms with van der Waals surface area (Å²) >= 11 is 0. The van der Waals surface area contributed by atoms with Gasteiger partial charge in [0.2, 0.25) is 0 Å². The average Bonchev–Trinajstić information content (AvgIpc) is 2.01. The molecule has 12 heavy (non-hydrogen) atoms. The zero-order chi connectivity index (χ0) is 9.14. The van der Waals surface area contributed by atoms with Crippen LogP contribution in [-0.2, 0) is 13.5 Å². The largest absolute Gasteiger partial charge is 0.385 e. The van der Waals surface area contributed by atoms with E-state index in [0.29, 0.717) is 5.82 Å². The first-order valence-electron chi connectivity index (χ1n) is 4.10. The van der Waals surface area contributed by atoms with Crippen LogP contribution in [0.15, 0.2) is 16.9 Å². The summed E-state index contributed by atoms with van der Waals surface area (Å²) in [4.78, 5) is 11.2. The van der Waals surface area contributed by atoms with E-state index in [2.05, 4.69) is 6.92 Å². The van der Waals surface area contributed by atoms with Crippen molar-refractivity contribution in [1.82, 2.24) is 4.57 Å². The molecule has 66 valence electrons. The quantitative estimate of drug-likeness (QED) is 0.710. The fourth-order valence-electron chi connectivity index (χ4n) is 1.14. The van der Waals surface area contributed by atoms with Crippen LogP contribution in [0.5, 0.6) is 0 Å². The van der Waals surface area contributed by atoms with Crippen LogP contribution in [0, 0.1) is 0 Å². The predicted octanol–water partition coefficient (Wildman–Crippen LogP) is 0.920. The van der Waals surface area contributed by atoms with Crippen molar-refractivity contribution >= 4 is 5.82 Å². The standard InChI is InChI=1S/C9H14N2O/c1-3-4-7-5-8(10)11(2)9(12)6-7/h5-6H,3-4,10H2,1-2H3. The third-order valence-corrected chi connectivity index (χ3v) is 1.90. The molecule has 0 saturated heterocycles. The maximum absolute atomic E-state index is 11.2. The predicted molar refractivity (Wildman–Crippen MR) is 50.1 cm³/mol. The number of aromatic nitrogens is 1. The minimum absolute atomic E-state index is 0.0292. The topological polar surface area (TPSA) is 48.0 Å². The molecule has 0 unspecified atom stereocenters. The molecule has 0 radical (unpaired) electrons. The summed E-state index contributed by atoms with van der Waals surface area (Å²) < 4.78 is 1.44. The van der Waals surface area contributed by atoms with E-state index < -0.39 is 0 Å². The average molecular weight is 166 g/mol. The van der Waals surface area contributed by atoms with Gasteiger partial charge in [0.25, 0.3) is 5.56 Å². The van der Waals surface area contributed by atoms with Gasteiger partial charge in [0.15, 0.2) is 0 Å². The molecule has 0 bridgehead atoms. The summed E-state index contributed by atoms with van der Waals surface area (Å²) in [7, 11) is 1.67. The normalized spacial score (nSPS) is 10.2. The maximum Gasteiger partial charge on any atom is 0.252 e. The fourth-order valence-corrected chi connectivity index (χ4v) is 1.14. The summed E-state index contributed by atoms with van der Waals surface area (Å²) in [6.07, 6.45) is 1.95. The first-order valence-corrected chi connectivity index (χ1v) is 4.10. The number of nitrogen functional groups attached to an aromatic ring is 1. The molecule has 1 rings (SSSR count). The summed E-state index contributed by atoms with van der Waals surface area (Å²) in [5.74, 6) is 0.533. The lowest BCUT2D eigenvalue weighted by molar-refractivity contribution is 0.849. The number of nitrogens with two attached hydrogens (primary N) is 1. The van der Waals surface area contributed by atoms with Gasteiger partial charge in [-0.15, -0.1) is 0 Å². The van der Waals surface area contributed by atoms with Crippen LogP contribution >= 0.6 is 0 Å². The molecule has 0 saturated carbocycles. The molecule has 0 atom stereocenters.